The van der Waals surface area contributed by atoms with Gasteiger partial charge in [-0.2, -0.15) is 0 Å². The van der Waals surface area contributed by atoms with Gasteiger partial charge in [0.1, 0.15) is 0 Å². The highest BCUT2D eigenvalue weighted by molar-refractivity contribution is 5.22. The molecule has 17 heavy (non-hydrogen) atoms. The van der Waals surface area contributed by atoms with Gasteiger partial charge in [0.25, 0.3) is 0 Å². The zero-order valence-electron chi connectivity index (χ0n) is 10.7. The van der Waals surface area contributed by atoms with Crippen molar-refractivity contribution in [1.82, 2.24) is 0 Å². The summed E-state index contributed by atoms with van der Waals surface area (Å²) < 4.78 is 5.13. The molecule has 1 aliphatic carbocycles. The van der Waals surface area contributed by atoms with E-state index >= 15 is 0 Å². The van der Waals surface area contributed by atoms with E-state index in [0.29, 0.717) is 17.8 Å². The van der Waals surface area contributed by atoms with Crippen molar-refractivity contribution in [1.29, 1.82) is 0 Å². The van der Waals surface area contributed by atoms with E-state index in [1.54, 1.807) is 6.26 Å². The van der Waals surface area contributed by atoms with Crippen LogP contribution in [0.3, 0.4) is 0 Å². The van der Waals surface area contributed by atoms with Crippen LogP contribution in [-0.4, -0.2) is 11.7 Å². The van der Waals surface area contributed by atoms with Crippen molar-refractivity contribution >= 4 is 0 Å². The maximum Gasteiger partial charge on any atom is 0.0937 e. The zero-order chi connectivity index (χ0) is 12.3. The van der Waals surface area contributed by atoms with Crippen LogP contribution in [0.2, 0.25) is 0 Å². The highest BCUT2D eigenvalue weighted by Crippen LogP contribution is 2.35. The Morgan fingerprint density at radius 3 is 2.82 bits per heavy atom. The van der Waals surface area contributed by atoms with Crippen LogP contribution in [-0.2, 0) is 6.42 Å². The fraction of sp³-hybridized carbons (Fsp3) is 0.600. The molecule has 1 aliphatic rings. The molecule has 0 aliphatic heterocycles. The van der Waals surface area contributed by atoms with Crippen LogP contribution in [0.4, 0.5) is 0 Å². The summed E-state index contributed by atoms with van der Waals surface area (Å²) in [6.45, 7) is 4.85. The summed E-state index contributed by atoms with van der Waals surface area (Å²) in [5.41, 5.74) is 2.71. The van der Waals surface area contributed by atoms with Crippen molar-refractivity contribution in [2.75, 3.05) is 6.61 Å². The lowest BCUT2D eigenvalue weighted by molar-refractivity contribution is 0.223. The van der Waals surface area contributed by atoms with Gasteiger partial charge in [-0.05, 0) is 42.7 Å². The lowest BCUT2D eigenvalue weighted by atomic mass is 9.75. The summed E-state index contributed by atoms with van der Waals surface area (Å²) in [5, 5.41) is 9.30. The number of aliphatic hydroxyl groups is 1. The lowest BCUT2D eigenvalue weighted by Crippen LogP contribution is -2.21. The monoisotopic (exact) mass is 234 g/mol. The topological polar surface area (TPSA) is 33.4 Å². The predicted octanol–water partition coefficient (Wildman–Crippen LogP) is 3.42. The van der Waals surface area contributed by atoms with Gasteiger partial charge in [0.15, 0.2) is 0 Å². The standard InChI is InChI=1S/C15H22O2/c1-11(2)15-4-3-12(9-16)7-14(15)8-13-5-6-17-10-13/h5-7,10-12,15-16H,3-4,8-9H2,1-2H3/t12-,15-/m1/s1. The highest BCUT2D eigenvalue weighted by Gasteiger charge is 2.25. The molecule has 0 unspecified atom stereocenters. The van der Waals surface area contributed by atoms with Crippen LogP contribution in [0.25, 0.3) is 0 Å². The van der Waals surface area contributed by atoms with Gasteiger partial charge in [-0.3, -0.25) is 0 Å². The molecule has 0 saturated heterocycles. The first-order valence-corrected chi connectivity index (χ1v) is 6.53. The molecule has 1 aromatic heterocycles. The molecule has 0 saturated carbocycles. The number of allylic oxidation sites excluding steroid dienone is 1. The van der Waals surface area contributed by atoms with Gasteiger partial charge in [-0.25, -0.2) is 0 Å². The average molecular weight is 234 g/mol. The SMILES string of the molecule is CC(C)[C@H]1CC[C@@H](CO)C=C1Cc1ccoc1. The van der Waals surface area contributed by atoms with Gasteiger partial charge in [0, 0.05) is 12.5 Å². The van der Waals surface area contributed by atoms with Crippen molar-refractivity contribution in [2.45, 2.75) is 33.1 Å². The molecule has 1 N–H and O–H groups in total. The Morgan fingerprint density at radius 2 is 2.24 bits per heavy atom. The third-order valence-electron chi connectivity index (χ3n) is 3.80. The molecule has 2 rings (SSSR count). The minimum Gasteiger partial charge on any atom is -0.472 e. The van der Waals surface area contributed by atoms with Gasteiger partial charge in [0.2, 0.25) is 0 Å². The molecule has 2 atom stereocenters. The van der Waals surface area contributed by atoms with E-state index < -0.39 is 0 Å². The summed E-state index contributed by atoms with van der Waals surface area (Å²) in [6.07, 6.45) is 9.13. The molecule has 2 heteroatoms. The van der Waals surface area contributed by atoms with E-state index in [2.05, 4.69) is 19.9 Å². The van der Waals surface area contributed by atoms with Crippen LogP contribution in [0.5, 0.6) is 0 Å². The largest absolute Gasteiger partial charge is 0.472 e. The van der Waals surface area contributed by atoms with Crippen LogP contribution in [0.15, 0.2) is 34.7 Å². The van der Waals surface area contributed by atoms with Gasteiger partial charge < -0.3 is 9.52 Å². The van der Waals surface area contributed by atoms with E-state index in [1.165, 1.54) is 17.6 Å². The van der Waals surface area contributed by atoms with Crippen LogP contribution >= 0.6 is 0 Å². The fourth-order valence-electron chi connectivity index (χ4n) is 2.81. The summed E-state index contributed by atoms with van der Waals surface area (Å²) in [4.78, 5) is 0. The van der Waals surface area contributed by atoms with Crippen molar-refractivity contribution in [3.63, 3.8) is 0 Å². The summed E-state index contributed by atoms with van der Waals surface area (Å²) in [6, 6.07) is 2.03. The van der Waals surface area contributed by atoms with Crippen molar-refractivity contribution < 1.29 is 9.52 Å². The van der Waals surface area contributed by atoms with Crippen molar-refractivity contribution in [3.05, 3.63) is 35.8 Å². The Hall–Kier alpha value is -1.02. The van der Waals surface area contributed by atoms with Crippen molar-refractivity contribution in [2.24, 2.45) is 17.8 Å². The fourth-order valence-corrected chi connectivity index (χ4v) is 2.81. The molecular formula is C15H22O2. The van der Waals surface area contributed by atoms with E-state index in [4.69, 9.17) is 4.42 Å². The number of hydrogen-bond donors (Lipinski definition) is 1. The Labute approximate surface area is 103 Å². The smallest absolute Gasteiger partial charge is 0.0937 e. The lowest BCUT2D eigenvalue weighted by Gasteiger charge is -2.31. The number of aliphatic hydroxyl groups excluding tert-OH is 1. The predicted molar refractivity (Wildman–Crippen MR) is 68.6 cm³/mol. The third kappa shape index (κ3) is 3.01. The molecule has 2 nitrogen and oxygen atoms in total. The van der Waals surface area contributed by atoms with E-state index in [-0.39, 0.29) is 6.61 Å². The maximum atomic E-state index is 9.30. The van der Waals surface area contributed by atoms with E-state index in [1.807, 2.05) is 12.3 Å². The minimum atomic E-state index is 0.277. The molecular weight excluding hydrogens is 212 g/mol. The van der Waals surface area contributed by atoms with Crippen LogP contribution < -0.4 is 0 Å². The third-order valence-corrected chi connectivity index (χ3v) is 3.80. The molecule has 0 amide bonds. The molecule has 94 valence electrons. The maximum absolute atomic E-state index is 9.30. The second-order valence-electron chi connectivity index (χ2n) is 5.42. The first-order chi connectivity index (χ1) is 8.20. The zero-order valence-corrected chi connectivity index (χ0v) is 10.7. The van der Waals surface area contributed by atoms with E-state index in [9.17, 15) is 5.11 Å². The number of furan rings is 1. The summed E-state index contributed by atoms with van der Waals surface area (Å²) in [5.74, 6) is 1.69. The van der Waals surface area contributed by atoms with Gasteiger partial charge in [-0.1, -0.05) is 25.5 Å². The molecule has 0 spiro atoms. The second kappa shape index (κ2) is 5.54. The molecule has 1 heterocycles. The minimum absolute atomic E-state index is 0.277. The number of hydrogen-bond acceptors (Lipinski definition) is 2. The van der Waals surface area contributed by atoms with Crippen molar-refractivity contribution in [3.8, 4) is 0 Å². The first-order valence-electron chi connectivity index (χ1n) is 6.53. The summed E-state index contributed by atoms with van der Waals surface area (Å²) >= 11 is 0. The Morgan fingerprint density at radius 1 is 1.41 bits per heavy atom. The van der Waals surface area contributed by atoms with Gasteiger partial charge in [-0.15, -0.1) is 0 Å². The summed E-state index contributed by atoms with van der Waals surface area (Å²) in [7, 11) is 0. The molecule has 0 bridgehead atoms. The van der Waals surface area contributed by atoms with Gasteiger partial charge in [0.05, 0.1) is 12.5 Å². The first kappa shape index (κ1) is 12.4. The molecule has 0 fully saturated rings. The normalized spacial score (nSPS) is 25.1. The molecule has 0 radical (unpaired) electrons. The van der Waals surface area contributed by atoms with Crippen LogP contribution in [0.1, 0.15) is 32.3 Å². The van der Waals surface area contributed by atoms with E-state index in [0.717, 1.165) is 12.8 Å². The quantitative estimate of drug-likeness (QED) is 0.810. The Balaban J connectivity index is 2.15. The van der Waals surface area contributed by atoms with Crippen LogP contribution in [0, 0.1) is 17.8 Å². The second-order valence-corrected chi connectivity index (χ2v) is 5.42. The highest BCUT2D eigenvalue weighted by atomic mass is 16.3. The molecule has 0 aromatic carbocycles. The molecule has 1 aromatic rings. The van der Waals surface area contributed by atoms with Gasteiger partial charge >= 0.3 is 0 Å². The Kier molecular flexibility index (Phi) is 4.06. The number of rotatable bonds is 4. The Bertz CT molecular complexity index is 362. The average Bonchev–Trinajstić information content (AvgIpc) is 2.81.